The first-order valence-electron chi connectivity index (χ1n) is 6.70. The minimum atomic E-state index is -0.625. The summed E-state index contributed by atoms with van der Waals surface area (Å²) in [7, 11) is 0. The molecule has 1 rings (SSSR count). The number of rotatable bonds is 7. The number of carbonyl (C=O) groups is 1. The lowest BCUT2D eigenvalue weighted by molar-refractivity contribution is -0.384. The van der Waals surface area contributed by atoms with E-state index in [2.05, 4.69) is 5.43 Å². The lowest BCUT2D eigenvalue weighted by atomic mass is 10.1. The summed E-state index contributed by atoms with van der Waals surface area (Å²) in [6, 6.07) is 2.58. The van der Waals surface area contributed by atoms with Crippen molar-refractivity contribution in [3.63, 3.8) is 0 Å². The van der Waals surface area contributed by atoms with Gasteiger partial charge in [0.15, 0.2) is 0 Å². The van der Waals surface area contributed by atoms with Gasteiger partial charge in [-0.3, -0.25) is 20.8 Å². The summed E-state index contributed by atoms with van der Waals surface area (Å²) >= 11 is 5.96. The van der Waals surface area contributed by atoms with Crippen molar-refractivity contribution >= 4 is 28.9 Å². The number of amides is 1. The summed E-state index contributed by atoms with van der Waals surface area (Å²) in [4.78, 5) is 24.5. The lowest BCUT2D eigenvalue weighted by Crippen LogP contribution is -2.31. The van der Waals surface area contributed by atoms with Crippen LogP contribution in [0.3, 0.4) is 0 Å². The van der Waals surface area contributed by atoms with Crippen molar-refractivity contribution in [3.05, 3.63) is 32.8 Å². The number of benzene rings is 1. The second-order valence-corrected chi connectivity index (χ2v) is 4.90. The van der Waals surface area contributed by atoms with Gasteiger partial charge < -0.3 is 10.3 Å². The first-order chi connectivity index (χ1) is 9.96. The number of nitrogens with zero attached hydrogens (tertiary/aromatic N) is 2. The summed E-state index contributed by atoms with van der Waals surface area (Å²) in [6.07, 6.45) is 1.83. The van der Waals surface area contributed by atoms with E-state index in [1.165, 1.54) is 12.1 Å². The number of carbonyl (C=O) groups excluding carboxylic acids is 1. The zero-order chi connectivity index (χ0) is 16.0. The fourth-order valence-corrected chi connectivity index (χ4v) is 2.21. The van der Waals surface area contributed by atoms with Crippen molar-refractivity contribution in [1.29, 1.82) is 0 Å². The van der Waals surface area contributed by atoms with Crippen molar-refractivity contribution < 1.29 is 9.72 Å². The number of nitrogens with two attached hydrogens (primary N) is 1. The third-order valence-electron chi connectivity index (χ3n) is 3.11. The summed E-state index contributed by atoms with van der Waals surface area (Å²) in [5.41, 5.74) is 2.05. The highest BCUT2D eigenvalue weighted by Crippen LogP contribution is 2.33. The summed E-state index contributed by atoms with van der Waals surface area (Å²) < 4.78 is 0. The molecule has 0 aliphatic carbocycles. The molecule has 0 unspecified atom stereocenters. The van der Waals surface area contributed by atoms with E-state index < -0.39 is 4.92 Å². The molecule has 0 spiro atoms. The van der Waals surface area contributed by atoms with Crippen LogP contribution in [-0.4, -0.2) is 28.8 Å². The molecule has 0 radical (unpaired) electrons. The van der Waals surface area contributed by atoms with Crippen molar-refractivity contribution in [2.24, 2.45) is 5.84 Å². The Labute approximate surface area is 128 Å². The van der Waals surface area contributed by atoms with Crippen molar-refractivity contribution in [2.45, 2.75) is 26.7 Å². The van der Waals surface area contributed by atoms with Gasteiger partial charge in [0.1, 0.15) is 5.69 Å². The smallest absolute Gasteiger partial charge is 0.295 e. The second kappa shape index (κ2) is 7.80. The van der Waals surface area contributed by atoms with Crippen LogP contribution in [0.25, 0.3) is 0 Å². The van der Waals surface area contributed by atoms with Crippen molar-refractivity contribution in [1.82, 2.24) is 4.90 Å². The monoisotopic (exact) mass is 314 g/mol. The number of nitrogen functional groups attached to an aromatic ring is 1. The topological polar surface area (TPSA) is 102 Å². The van der Waals surface area contributed by atoms with Crippen LogP contribution in [0.1, 0.15) is 37.0 Å². The molecule has 1 amide bonds. The normalized spacial score (nSPS) is 10.3. The zero-order valence-electron chi connectivity index (χ0n) is 12.1. The molecular formula is C13H19ClN4O3. The minimum absolute atomic E-state index is 0.00479. The van der Waals surface area contributed by atoms with Crippen LogP contribution in [0.2, 0.25) is 5.02 Å². The highest BCUT2D eigenvalue weighted by molar-refractivity contribution is 6.34. The van der Waals surface area contributed by atoms with E-state index in [-0.39, 0.29) is 27.9 Å². The maximum Gasteiger partial charge on any atom is 0.295 e. The third kappa shape index (κ3) is 4.05. The molecule has 0 atom stereocenters. The Morgan fingerprint density at radius 1 is 1.48 bits per heavy atom. The number of nitrogens with one attached hydrogen (secondary N) is 1. The molecule has 0 saturated heterocycles. The molecule has 0 aromatic heterocycles. The number of hydrogen-bond donors (Lipinski definition) is 2. The Hall–Kier alpha value is -1.86. The molecule has 0 bridgehead atoms. The van der Waals surface area contributed by atoms with Gasteiger partial charge in [-0.15, -0.1) is 0 Å². The number of unbranched alkanes of at least 4 members (excludes halogenated alkanes) is 1. The summed E-state index contributed by atoms with van der Waals surface area (Å²) in [5.74, 6) is 4.95. The minimum Gasteiger partial charge on any atom is -0.339 e. The van der Waals surface area contributed by atoms with Gasteiger partial charge in [0.25, 0.3) is 11.6 Å². The summed E-state index contributed by atoms with van der Waals surface area (Å²) in [5, 5.41) is 11.1. The average Bonchev–Trinajstić information content (AvgIpc) is 2.46. The SMILES string of the molecule is CCCCN(CC)C(=O)c1cc(Cl)c(NN)c([N+](=O)[O-])c1. The highest BCUT2D eigenvalue weighted by Gasteiger charge is 2.23. The van der Waals surface area contributed by atoms with Crippen LogP contribution in [0.5, 0.6) is 0 Å². The Bertz CT molecular complexity index is 536. The van der Waals surface area contributed by atoms with E-state index in [1.807, 2.05) is 13.8 Å². The van der Waals surface area contributed by atoms with Gasteiger partial charge in [0, 0.05) is 24.7 Å². The molecule has 8 heteroatoms. The standard InChI is InChI=1S/C13H19ClN4O3/c1-3-5-6-17(4-2)13(19)9-7-10(14)12(16-15)11(8-9)18(20)21/h7-8,16H,3-6,15H2,1-2H3. The third-order valence-corrected chi connectivity index (χ3v) is 3.41. The Morgan fingerprint density at radius 3 is 2.62 bits per heavy atom. The van der Waals surface area contributed by atoms with E-state index in [0.29, 0.717) is 13.1 Å². The molecule has 21 heavy (non-hydrogen) atoms. The molecular weight excluding hydrogens is 296 g/mol. The predicted molar refractivity (Wildman–Crippen MR) is 82.4 cm³/mol. The van der Waals surface area contributed by atoms with Crippen LogP contribution in [0.4, 0.5) is 11.4 Å². The van der Waals surface area contributed by atoms with Crippen molar-refractivity contribution in [3.8, 4) is 0 Å². The largest absolute Gasteiger partial charge is 0.339 e. The predicted octanol–water partition coefficient (Wildman–Crippen LogP) is 2.80. The van der Waals surface area contributed by atoms with Gasteiger partial charge >= 0.3 is 0 Å². The number of nitro benzene ring substituents is 1. The molecule has 7 nitrogen and oxygen atoms in total. The number of nitro groups is 1. The fourth-order valence-electron chi connectivity index (χ4n) is 1.94. The maximum atomic E-state index is 12.4. The first kappa shape index (κ1) is 17.2. The van der Waals surface area contributed by atoms with Crippen LogP contribution in [-0.2, 0) is 0 Å². The Balaban J connectivity index is 3.18. The number of halogens is 1. The summed E-state index contributed by atoms with van der Waals surface area (Å²) in [6.45, 7) is 5.02. The lowest BCUT2D eigenvalue weighted by Gasteiger charge is -2.21. The number of hydrazine groups is 1. The Kier molecular flexibility index (Phi) is 6.39. The second-order valence-electron chi connectivity index (χ2n) is 4.49. The number of hydrogen-bond acceptors (Lipinski definition) is 5. The first-order valence-corrected chi connectivity index (χ1v) is 7.07. The van der Waals surface area contributed by atoms with Gasteiger partial charge in [-0.25, -0.2) is 0 Å². The van der Waals surface area contributed by atoms with Crippen molar-refractivity contribution in [2.75, 3.05) is 18.5 Å². The van der Waals surface area contributed by atoms with E-state index in [1.54, 1.807) is 4.90 Å². The van der Waals surface area contributed by atoms with Crippen LogP contribution < -0.4 is 11.3 Å². The van der Waals surface area contributed by atoms with E-state index >= 15 is 0 Å². The van der Waals surface area contributed by atoms with Gasteiger partial charge in [-0.2, -0.15) is 0 Å². The quantitative estimate of drug-likeness (QED) is 0.458. The molecule has 1 aromatic rings. The van der Waals surface area contributed by atoms with Gasteiger partial charge in [-0.1, -0.05) is 24.9 Å². The molecule has 0 fully saturated rings. The van der Waals surface area contributed by atoms with E-state index in [9.17, 15) is 14.9 Å². The molecule has 1 aromatic carbocycles. The molecule has 0 saturated carbocycles. The van der Waals surface area contributed by atoms with E-state index in [0.717, 1.165) is 12.8 Å². The molecule has 3 N–H and O–H groups in total. The van der Waals surface area contributed by atoms with Crippen LogP contribution in [0.15, 0.2) is 12.1 Å². The maximum absolute atomic E-state index is 12.4. The highest BCUT2D eigenvalue weighted by atomic mass is 35.5. The van der Waals surface area contributed by atoms with Crippen LogP contribution >= 0.6 is 11.6 Å². The number of anilines is 1. The van der Waals surface area contributed by atoms with Gasteiger partial charge in [0.2, 0.25) is 0 Å². The molecule has 116 valence electrons. The fraction of sp³-hybridized carbons (Fsp3) is 0.462. The zero-order valence-corrected chi connectivity index (χ0v) is 12.8. The van der Waals surface area contributed by atoms with E-state index in [4.69, 9.17) is 17.4 Å². The molecule has 0 aliphatic rings. The Morgan fingerprint density at radius 2 is 2.14 bits per heavy atom. The molecule has 0 heterocycles. The molecule has 0 aliphatic heterocycles. The van der Waals surface area contributed by atoms with Crippen LogP contribution in [0, 0.1) is 10.1 Å². The van der Waals surface area contributed by atoms with Gasteiger partial charge in [-0.05, 0) is 19.4 Å². The van der Waals surface area contributed by atoms with Gasteiger partial charge in [0.05, 0.1) is 9.95 Å². The average molecular weight is 315 g/mol.